The molecule has 1 saturated heterocycles. The van der Waals surface area contributed by atoms with Crippen LogP contribution in [0.15, 0.2) is 23.1 Å². The molecule has 0 bridgehead atoms. The van der Waals surface area contributed by atoms with Crippen molar-refractivity contribution in [2.75, 3.05) is 19.6 Å². The van der Waals surface area contributed by atoms with Gasteiger partial charge in [-0.2, -0.15) is 0 Å². The molecule has 0 spiro atoms. The molecule has 6 heteroatoms. The third kappa shape index (κ3) is 4.95. The van der Waals surface area contributed by atoms with Gasteiger partial charge in [-0.05, 0) is 62.4 Å². The van der Waals surface area contributed by atoms with Crippen molar-refractivity contribution < 1.29 is 8.42 Å². The second-order valence-corrected chi connectivity index (χ2v) is 8.06. The van der Waals surface area contributed by atoms with Crippen LogP contribution in [-0.4, -0.2) is 28.1 Å². The molecule has 0 radical (unpaired) electrons. The van der Waals surface area contributed by atoms with E-state index in [4.69, 9.17) is 11.6 Å². The van der Waals surface area contributed by atoms with Crippen molar-refractivity contribution in [2.45, 2.75) is 43.9 Å². The Morgan fingerprint density at radius 1 is 1.41 bits per heavy atom. The summed E-state index contributed by atoms with van der Waals surface area (Å²) >= 11 is 6.08. The molecule has 2 rings (SSSR count). The van der Waals surface area contributed by atoms with Crippen LogP contribution in [0.3, 0.4) is 0 Å². The fraction of sp³-hybridized carbons (Fsp3) is 0.625. The van der Waals surface area contributed by atoms with Gasteiger partial charge in [0.15, 0.2) is 0 Å². The van der Waals surface area contributed by atoms with Gasteiger partial charge in [0.2, 0.25) is 10.0 Å². The van der Waals surface area contributed by atoms with Crippen molar-refractivity contribution in [3.8, 4) is 0 Å². The topological polar surface area (TPSA) is 58.2 Å². The maximum atomic E-state index is 12.4. The summed E-state index contributed by atoms with van der Waals surface area (Å²) in [6.45, 7) is 4.58. The third-order valence-electron chi connectivity index (χ3n) is 4.07. The summed E-state index contributed by atoms with van der Waals surface area (Å²) in [6.07, 6.45) is 5.03. The van der Waals surface area contributed by atoms with E-state index in [0.29, 0.717) is 12.5 Å². The second-order valence-electron chi connectivity index (χ2n) is 5.91. The quantitative estimate of drug-likeness (QED) is 0.799. The number of hydrogen-bond donors (Lipinski definition) is 2. The summed E-state index contributed by atoms with van der Waals surface area (Å²) in [6, 6.07) is 5.25. The van der Waals surface area contributed by atoms with E-state index in [2.05, 4.69) is 17.0 Å². The Bertz CT molecular complexity index is 584. The van der Waals surface area contributed by atoms with Gasteiger partial charge in [-0.3, -0.25) is 0 Å². The fourth-order valence-electron chi connectivity index (χ4n) is 2.84. The molecule has 124 valence electrons. The van der Waals surface area contributed by atoms with Gasteiger partial charge in [-0.25, -0.2) is 13.1 Å². The zero-order valence-corrected chi connectivity index (χ0v) is 14.6. The lowest BCUT2D eigenvalue weighted by atomic mass is 9.96. The lowest BCUT2D eigenvalue weighted by Gasteiger charge is -2.22. The number of halogens is 1. The Balaban J connectivity index is 1.98. The highest BCUT2D eigenvalue weighted by Crippen LogP contribution is 2.23. The Morgan fingerprint density at radius 2 is 2.23 bits per heavy atom. The minimum atomic E-state index is -3.53. The van der Waals surface area contributed by atoms with Gasteiger partial charge in [0, 0.05) is 6.54 Å². The lowest BCUT2D eigenvalue weighted by Crippen LogP contribution is -2.33. The third-order valence-corrected chi connectivity index (χ3v) is 6.01. The van der Waals surface area contributed by atoms with Crippen molar-refractivity contribution in [1.82, 2.24) is 10.0 Å². The maximum Gasteiger partial charge on any atom is 0.242 e. The average Bonchev–Trinajstić information content (AvgIpc) is 2.50. The number of benzene rings is 1. The van der Waals surface area contributed by atoms with Crippen molar-refractivity contribution in [1.29, 1.82) is 0 Å². The highest BCUT2D eigenvalue weighted by atomic mass is 35.5. The highest BCUT2D eigenvalue weighted by molar-refractivity contribution is 7.89. The summed E-state index contributed by atoms with van der Waals surface area (Å²) in [5.74, 6) is 0.554. The predicted molar refractivity (Wildman–Crippen MR) is 90.8 cm³/mol. The van der Waals surface area contributed by atoms with Gasteiger partial charge in [0.05, 0.1) is 5.02 Å². The zero-order chi connectivity index (χ0) is 16.0. The molecule has 4 nitrogen and oxygen atoms in total. The van der Waals surface area contributed by atoms with E-state index in [1.54, 1.807) is 12.1 Å². The van der Waals surface area contributed by atoms with Gasteiger partial charge in [-0.1, -0.05) is 31.0 Å². The van der Waals surface area contributed by atoms with Gasteiger partial charge in [0.25, 0.3) is 0 Å². The molecule has 1 fully saturated rings. The number of rotatable bonds is 7. The molecular weight excluding hydrogens is 320 g/mol. The van der Waals surface area contributed by atoms with E-state index in [0.717, 1.165) is 37.9 Å². The standard InChI is InChI=1S/C16H25ClN2O2S/c1-2-4-13-6-7-15(17)16(11-13)22(20,21)19-10-8-14-5-3-9-18-12-14/h6-7,11,14,18-19H,2-5,8-10,12H2,1H3. The number of hydrogen-bond acceptors (Lipinski definition) is 3. The smallest absolute Gasteiger partial charge is 0.242 e. The summed E-state index contributed by atoms with van der Waals surface area (Å²) in [5, 5.41) is 3.63. The summed E-state index contributed by atoms with van der Waals surface area (Å²) < 4.78 is 27.6. The zero-order valence-electron chi connectivity index (χ0n) is 13.1. The number of nitrogens with one attached hydrogen (secondary N) is 2. The molecule has 1 aromatic rings. The van der Waals surface area contributed by atoms with E-state index in [1.165, 1.54) is 12.8 Å². The largest absolute Gasteiger partial charge is 0.316 e. The van der Waals surface area contributed by atoms with E-state index in [1.807, 2.05) is 6.07 Å². The Kier molecular flexibility index (Phi) is 6.68. The van der Waals surface area contributed by atoms with E-state index in [-0.39, 0.29) is 9.92 Å². The Labute approximate surface area is 138 Å². The minimum Gasteiger partial charge on any atom is -0.316 e. The molecule has 0 saturated carbocycles. The SMILES string of the molecule is CCCc1ccc(Cl)c(S(=O)(=O)NCCC2CCCNC2)c1. The van der Waals surface area contributed by atoms with Crippen LogP contribution in [0.5, 0.6) is 0 Å². The number of sulfonamides is 1. The average molecular weight is 345 g/mol. The predicted octanol–water partition coefficient (Wildman–Crippen LogP) is 2.96. The minimum absolute atomic E-state index is 0.196. The molecule has 1 unspecified atom stereocenters. The molecular formula is C16H25ClN2O2S. The molecule has 0 aliphatic carbocycles. The summed E-state index contributed by atoms with van der Waals surface area (Å²) in [4.78, 5) is 0.196. The number of aryl methyl sites for hydroxylation is 1. The van der Waals surface area contributed by atoms with Crippen LogP contribution >= 0.6 is 11.6 Å². The first-order valence-corrected chi connectivity index (χ1v) is 9.88. The van der Waals surface area contributed by atoms with Crippen LogP contribution in [0.2, 0.25) is 5.02 Å². The van der Waals surface area contributed by atoms with Crippen LogP contribution in [-0.2, 0) is 16.4 Å². The lowest BCUT2D eigenvalue weighted by molar-refractivity contribution is 0.358. The van der Waals surface area contributed by atoms with Crippen LogP contribution in [0.25, 0.3) is 0 Å². The van der Waals surface area contributed by atoms with Gasteiger partial charge in [-0.15, -0.1) is 0 Å². The normalized spacial score (nSPS) is 19.3. The van der Waals surface area contributed by atoms with Crippen LogP contribution < -0.4 is 10.0 Å². The van der Waals surface area contributed by atoms with Crippen LogP contribution in [0, 0.1) is 5.92 Å². The molecule has 2 N–H and O–H groups in total. The van der Waals surface area contributed by atoms with Gasteiger partial charge >= 0.3 is 0 Å². The fourth-order valence-corrected chi connectivity index (χ4v) is 4.44. The van der Waals surface area contributed by atoms with Crippen molar-refractivity contribution in [3.63, 3.8) is 0 Å². The molecule has 1 atom stereocenters. The monoisotopic (exact) mass is 344 g/mol. The molecule has 1 aliphatic heterocycles. The van der Waals surface area contributed by atoms with Gasteiger partial charge < -0.3 is 5.32 Å². The first-order chi connectivity index (χ1) is 10.5. The Hall–Kier alpha value is -0.620. The van der Waals surface area contributed by atoms with Crippen molar-refractivity contribution in [3.05, 3.63) is 28.8 Å². The molecule has 0 amide bonds. The first-order valence-electron chi connectivity index (χ1n) is 8.01. The second kappa shape index (κ2) is 8.29. The van der Waals surface area contributed by atoms with Crippen molar-refractivity contribution in [2.24, 2.45) is 5.92 Å². The highest BCUT2D eigenvalue weighted by Gasteiger charge is 2.19. The first kappa shape index (κ1) is 17.7. The molecule has 0 aromatic heterocycles. The number of piperidine rings is 1. The maximum absolute atomic E-state index is 12.4. The molecule has 1 heterocycles. The van der Waals surface area contributed by atoms with Gasteiger partial charge in [0.1, 0.15) is 4.90 Å². The van der Waals surface area contributed by atoms with Crippen molar-refractivity contribution >= 4 is 21.6 Å². The molecule has 1 aromatic carbocycles. The van der Waals surface area contributed by atoms with E-state index in [9.17, 15) is 8.42 Å². The summed E-state index contributed by atoms with van der Waals surface area (Å²) in [5.41, 5.74) is 1.00. The van der Waals surface area contributed by atoms with Crippen LogP contribution in [0.4, 0.5) is 0 Å². The van der Waals surface area contributed by atoms with E-state index < -0.39 is 10.0 Å². The van der Waals surface area contributed by atoms with Crippen LogP contribution in [0.1, 0.15) is 38.2 Å². The molecule has 1 aliphatic rings. The Morgan fingerprint density at radius 3 is 2.91 bits per heavy atom. The van der Waals surface area contributed by atoms with E-state index >= 15 is 0 Å². The molecule has 22 heavy (non-hydrogen) atoms. The summed E-state index contributed by atoms with van der Waals surface area (Å²) in [7, 11) is -3.53.